The van der Waals surface area contributed by atoms with Gasteiger partial charge in [-0.2, -0.15) is 0 Å². The summed E-state index contributed by atoms with van der Waals surface area (Å²) in [4.78, 5) is 15.4. The maximum atomic E-state index is 11.5. The highest BCUT2D eigenvalue weighted by molar-refractivity contribution is 6.33. The van der Waals surface area contributed by atoms with Gasteiger partial charge >= 0.3 is 0 Å². The van der Waals surface area contributed by atoms with Gasteiger partial charge in [0.1, 0.15) is 0 Å². The molecule has 6 heteroatoms. The van der Waals surface area contributed by atoms with Gasteiger partial charge in [-0.05, 0) is 18.2 Å². The number of aromatic nitrogens is 1. The molecule has 0 aliphatic rings. The lowest BCUT2D eigenvalue weighted by Gasteiger charge is -2.08. The molecule has 0 aliphatic carbocycles. The highest BCUT2D eigenvalue weighted by atomic mass is 35.5. The fraction of sp³-hybridized carbons (Fsp3) is 0.167. The van der Waals surface area contributed by atoms with Gasteiger partial charge in [0.2, 0.25) is 0 Å². The van der Waals surface area contributed by atoms with Gasteiger partial charge < -0.3 is 15.1 Å². The molecule has 0 bridgehead atoms. The number of hydrogen-bond donors (Lipinski definition) is 2. The predicted molar refractivity (Wildman–Crippen MR) is 68.8 cm³/mol. The summed E-state index contributed by atoms with van der Waals surface area (Å²) in [7, 11) is 0. The molecule has 1 amide bonds. The van der Waals surface area contributed by atoms with E-state index in [1.54, 1.807) is 30.6 Å². The third-order valence-electron chi connectivity index (χ3n) is 2.24. The molecule has 0 aromatic carbocycles. The predicted octanol–water partition coefficient (Wildman–Crippen LogP) is 2.17. The Hall–Kier alpha value is -2.01. The van der Waals surface area contributed by atoms with Crippen LogP contribution in [0, 0.1) is 0 Å². The molecular weight excluding hydrogens is 254 g/mol. The maximum absolute atomic E-state index is 11.5. The number of anilines is 1. The van der Waals surface area contributed by atoms with E-state index in [0.29, 0.717) is 23.9 Å². The molecule has 0 fully saturated rings. The first-order valence-electron chi connectivity index (χ1n) is 5.42. The number of rotatable bonds is 5. The van der Waals surface area contributed by atoms with Crippen molar-refractivity contribution in [1.82, 2.24) is 10.3 Å². The Morgan fingerprint density at radius 2 is 2.28 bits per heavy atom. The van der Waals surface area contributed by atoms with Gasteiger partial charge in [-0.25, -0.2) is 0 Å². The maximum Gasteiger partial charge on any atom is 0.287 e. The lowest BCUT2D eigenvalue weighted by atomic mass is 10.4. The van der Waals surface area contributed by atoms with Gasteiger partial charge in [-0.3, -0.25) is 9.78 Å². The molecule has 0 radical (unpaired) electrons. The van der Waals surface area contributed by atoms with Gasteiger partial charge in [0.25, 0.3) is 5.91 Å². The Labute approximate surface area is 109 Å². The first kappa shape index (κ1) is 12.4. The molecule has 18 heavy (non-hydrogen) atoms. The highest BCUT2D eigenvalue weighted by Crippen LogP contribution is 2.18. The summed E-state index contributed by atoms with van der Waals surface area (Å²) in [6, 6.07) is 5.06. The van der Waals surface area contributed by atoms with Crippen molar-refractivity contribution in [1.29, 1.82) is 0 Å². The zero-order valence-corrected chi connectivity index (χ0v) is 10.3. The largest absolute Gasteiger partial charge is 0.459 e. The van der Waals surface area contributed by atoms with E-state index in [9.17, 15) is 4.79 Å². The molecule has 0 spiro atoms. The van der Waals surface area contributed by atoms with Crippen molar-refractivity contribution in [2.75, 3.05) is 18.4 Å². The lowest BCUT2D eigenvalue weighted by Crippen LogP contribution is -2.28. The molecule has 2 N–H and O–H groups in total. The number of amides is 1. The molecule has 2 aromatic heterocycles. The van der Waals surface area contributed by atoms with Gasteiger partial charge in [-0.1, -0.05) is 11.6 Å². The van der Waals surface area contributed by atoms with Crippen LogP contribution in [0.2, 0.25) is 5.02 Å². The molecule has 0 saturated heterocycles. The standard InChI is InChI=1S/C12H12ClN3O2/c13-9-8-14-4-3-10(9)15-5-6-16-12(17)11-2-1-7-18-11/h1-4,7-8H,5-6H2,(H,14,15)(H,16,17). The van der Waals surface area contributed by atoms with Gasteiger partial charge in [0, 0.05) is 25.5 Å². The molecule has 0 saturated carbocycles. The van der Waals surface area contributed by atoms with E-state index in [2.05, 4.69) is 15.6 Å². The molecule has 2 rings (SSSR count). The minimum absolute atomic E-state index is 0.234. The second-order valence-electron chi connectivity index (χ2n) is 3.52. The van der Waals surface area contributed by atoms with Crippen LogP contribution in [0.5, 0.6) is 0 Å². The van der Waals surface area contributed by atoms with Crippen molar-refractivity contribution in [2.45, 2.75) is 0 Å². The van der Waals surface area contributed by atoms with Crippen LogP contribution >= 0.6 is 11.6 Å². The first-order valence-corrected chi connectivity index (χ1v) is 5.80. The second kappa shape index (κ2) is 6.07. The average molecular weight is 266 g/mol. The number of pyridine rings is 1. The normalized spacial score (nSPS) is 10.1. The molecule has 0 atom stereocenters. The fourth-order valence-corrected chi connectivity index (χ4v) is 1.57. The van der Waals surface area contributed by atoms with E-state index in [1.807, 2.05) is 0 Å². The second-order valence-corrected chi connectivity index (χ2v) is 3.92. The van der Waals surface area contributed by atoms with Crippen LogP contribution in [0.25, 0.3) is 0 Å². The number of carbonyl (C=O) groups is 1. The number of furan rings is 1. The average Bonchev–Trinajstić information content (AvgIpc) is 2.90. The van der Waals surface area contributed by atoms with Crippen LogP contribution in [-0.2, 0) is 0 Å². The third-order valence-corrected chi connectivity index (χ3v) is 2.54. The Bertz CT molecular complexity index is 514. The molecular formula is C12H12ClN3O2. The molecule has 0 unspecified atom stereocenters. The van der Waals surface area contributed by atoms with Crippen molar-refractivity contribution in [3.63, 3.8) is 0 Å². The van der Waals surface area contributed by atoms with Crippen LogP contribution in [0.3, 0.4) is 0 Å². The Morgan fingerprint density at radius 1 is 1.39 bits per heavy atom. The number of halogens is 1. The molecule has 0 aliphatic heterocycles. The highest BCUT2D eigenvalue weighted by Gasteiger charge is 2.06. The van der Waals surface area contributed by atoms with Crippen molar-refractivity contribution < 1.29 is 9.21 Å². The van der Waals surface area contributed by atoms with E-state index in [-0.39, 0.29) is 5.91 Å². The summed E-state index contributed by atoms with van der Waals surface area (Å²) < 4.78 is 4.97. The summed E-state index contributed by atoms with van der Waals surface area (Å²) in [6.07, 6.45) is 4.67. The topological polar surface area (TPSA) is 67.2 Å². The summed E-state index contributed by atoms with van der Waals surface area (Å²) in [5, 5.41) is 6.37. The summed E-state index contributed by atoms with van der Waals surface area (Å²) in [6.45, 7) is 1.04. The summed E-state index contributed by atoms with van der Waals surface area (Å²) in [5.41, 5.74) is 0.791. The van der Waals surface area contributed by atoms with Gasteiger partial charge in [-0.15, -0.1) is 0 Å². The number of carbonyl (C=O) groups excluding carboxylic acids is 1. The minimum atomic E-state index is -0.234. The third kappa shape index (κ3) is 3.24. The van der Waals surface area contributed by atoms with Crippen molar-refractivity contribution in [3.8, 4) is 0 Å². The minimum Gasteiger partial charge on any atom is -0.459 e. The van der Waals surface area contributed by atoms with Crippen molar-refractivity contribution >= 4 is 23.2 Å². The van der Waals surface area contributed by atoms with Crippen LogP contribution in [0.15, 0.2) is 41.3 Å². The Balaban J connectivity index is 1.74. The Morgan fingerprint density at radius 3 is 3.00 bits per heavy atom. The van der Waals surface area contributed by atoms with Gasteiger partial charge in [0.15, 0.2) is 5.76 Å². The Kier molecular flexibility index (Phi) is 4.20. The molecule has 5 nitrogen and oxygen atoms in total. The fourth-order valence-electron chi connectivity index (χ4n) is 1.39. The molecule has 94 valence electrons. The van der Waals surface area contributed by atoms with E-state index in [1.165, 1.54) is 6.26 Å². The summed E-state index contributed by atoms with van der Waals surface area (Å²) >= 11 is 5.92. The van der Waals surface area contributed by atoms with Crippen LogP contribution in [0.1, 0.15) is 10.6 Å². The van der Waals surface area contributed by atoms with Crippen molar-refractivity contribution in [3.05, 3.63) is 47.6 Å². The zero-order valence-electron chi connectivity index (χ0n) is 9.52. The number of nitrogens with one attached hydrogen (secondary N) is 2. The van der Waals surface area contributed by atoms with E-state index in [0.717, 1.165) is 5.69 Å². The summed E-state index contributed by atoms with van der Waals surface area (Å²) in [5.74, 6) is 0.0690. The number of hydrogen-bond acceptors (Lipinski definition) is 4. The van der Waals surface area contributed by atoms with Crippen LogP contribution in [0.4, 0.5) is 5.69 Å². The molecule has 2 aromatic rings. The zero-order chi connectivity index (χ0) is 12.8. The van der Waals surface area contributed by atoms with E-state index >= 15 is 0 Å². The SMILES string of the molecule is O=C(NCCNc1ccncc1Cl)c1ccco1. The van der Waals surface area contributed by atoms with Gasteiger partial charge in [0.05, 0.1) is 17.0 Å². The van der Waals surface area contributed by atoms with Crippen LogP contribution in [-0.4, -0.2) is 24.0 Å². The number of nitrogens with zero attached hydrogens (tertiary/aromatic N) is 1. The first-order chi connectivity index (χ1) is 8.77. The molecule has 2 heterocycles. The van der Waals surface area contributed by atoms with Crippen LogP contribution < -0.4 is 10.6 Å². The van der Waals surface area contributed by atoms with E-state index in [4.69, 9.17) is 16.0 Å². The lowest BCUT2D eigenvalue weighted by molar-refractivity contribution is 0.0927. The quantitative estimate of drug-likeness (QED) is 0.813. The smallest absolute Gasteiger partial charge is 0.287 e. The van der Waals surface area contributed by atoms with E-state index < -0.39 is 0 Å². The van der Waals surface area contributed by atoms with Crippen molar-refractivity contribution in [2.24, 2.45) is 0 Å². The monoisotopic (exact) mass is 265 g/mol.